The van der Waals surface area contributed by atoms with Gasteiger partial charge in [0.25, 0.3) is 0 Å². The Kier molecular flexibility index (Phi) is 3.02. The summed E-state index contributed by atoms with van der Waals surface area (Å²) in [4.78, 5) is 11.9. The highest BCUT2D eigenvalue weighted by Gasteiger charge is 2.33. The number of para-hydroxylation sites is 1. The Balaban J connectivity index is 2.39. The number of carboxylic acid groups (broad SMARTS) is 1. The Labute approximate surface area is 101 Å². The summed E-state index contributed by atoms with van der Waals surface area (Å²) in [6.45, 7) is -1.40. The van der Waals surface area contributed by atoms with Crippen molar-refractivity contribution in [2.24, 2.45) is 0 Å². The first-order valence-electron chi connectivity index (χ1n) is 5.21. The highest BCUT2D eigenvalue weighted by molar-refractivity contribution is 5.96. The molecule has 1 heterocycles. The third kappa shape index (κ3) is 2.64. The van der Waals surface area contributed by atoms with Gasteiger partial charge in [0.05, 0.1) is 12.1 Å². The molecule has 1 aromatic carbocycles. The molecule has 0 amide bonds. The number of hydrogen-bond acceptors (Lipinski definition) is 2. The number of aliphatic carboxylic acids is 1. The lowest BCUT2D eigenvalue weighted by atomic mass is 10.0. The van der Waals surface area contributed by atoms with Crippen LogP contribution < -0.4 is 4.90 Å². The molecule has 0 spiro atoms. The van der Waals surface area contributed by atoms with E-state index in [1.54, 1.807) is 24.3 Å². The first-order valence-corrected chi connectivity index (χ1v) is 5.21. The van der Waals surface area contributed by atoms with Crippen molar-refractivity contribution in [1.29, 1.82) is 0 Å². The number of benzene rings is 1. The third-order valence-corrected chi connectivity index (χ3v) is 2.61. The Morgan fingerprint density at radius 2 is 2.00 bits per heavy atom. The van der Waals surface area contributed by atoms with E-state index in [4.69, 9.17) is 5.11 Å². The lowest BCUT2D eigenvalue weighted by Crippen LogP contribution is -2.38. The lowest BCUT2D eigenvalue weighted by molar-refractivity contribution is -0.133. The van der Waals surface area contributed by atoms with Gasteiger partial charge < -0.3 is 10.0 Å². The number of anilines is 1. The second-order valence-corrected chi connectivity index (χ2v) is 4.00. The number of hydrogen-bond donors (Lipinski definition) is 1. The summed E-state index contributed by atoms with van der Waals surface area (Å²) in [5, 5.41) is 8.90. The van der Waals surface area contributed by atoms with Crippen molar-refractivity contribution in [2.75, 3.05) is 18.0 Å². The number of carbonyl (C=O) groups is 1. The summed E-state index contributed by atoms with van der Waals surface area (Å²) in [6.07, 6.45) is -2.96. The van der Waals surface area contributed by atoms with Gasteiger partial charge in [-0.1, -0.05) is 18.2 Å². The average molecular weight is 257 g/mol. The normalized spacial score (nSPS) is 15.1. The van der Waals surface area contributed by atoms with Crippen LogP contribution in [0.2, 0.25) is 0 Å². The molecule has 0 atom stereocenters. The minimum atomic E-state index is -4.37. The quantitative estimate of drug-likeness (QED) is 0.885. The minimum absolute atomic E-state index is 0.0436. The van der Waals surface area contributed by atoms with Crippen LogP contribution in [0.1, 0.15) is 5.56 Å². The summed E-state index contributed by atoms with van der Waals surface area (Å²) >= 11 is 0. The molecular formula is C12H10F3NO2. The van der Waals surface area contributed by atoms with Crippen LogP contribution in [0, 0.1) is 0 Å². The smallest absolute Gasteiger partial charge is 0.405 e. The van der Waals surface area contributed by atoms with Gasteiger partial charge in [-0.15, -0.1) is 0 Å². The molecule has 3 nitrogen and oxygen atoms in total. The number of alkyl halides is 3. The van der Waals surface area contributed by atoms with Crippen molar-refractivity contribution in [2.45, 2.75) is 6.18 Å². The van der Waals surface area contributed by atoms with E-state index in [1.807, 2.05) is 0 Å². The number of nitrogens with zero attached hydrogens (tertiary/aromatic N) is 1. The highest BCUT2D eigenvalue weighted by Crippen LogP contribution is 2.31. The molecule has 18 heavy (non-hydrogen) atoms. The fourth-order valence-electron chi connectivity index (χ4n) is 1.91. The summed E-state index contributed by atoms with van der Waals surface area (Å²) in [6, 6.07) is 6.44. The molecule has 0 bridgehead atoms. The molecule has 96 valence electrons. The van der Waals surface area contributed by atoms with Crippen LogP contribution >= 0.6 is 0 Å². The first-order chi connectivity index (χ1) is 8.37. The molecule has 0 unspecified atom stereocenters. The number of rotatable bonds is 2. The molecule has 2 rings (SSSR count). The maximum absolute atomic E-state index is 12.5. The van der Waals surface area contributed by atoms with Gasteiger partial charge in [-0.05, 0) is 17.7 Å². The van der Waals surface area contributed by atoms with E-state index in [1.165, 1.54) is 6.08 Å². The van der Waals surface area contributed by atoms with E-state index in [2.05, 4.69) is 0 Å². The number of carboxylic acids is 1. The molecule has 0 saturated carbocycles. The molecule has 1 aliphatic rings. The van der Waals surface area contributed by atoms with Gasteiger partial charge in [0.2, 0.25) is 0 Å². The van der Waals surface area contributed by atoms with Crippen LogP contribution in [-0.4, -0.2) is 30.3 Å². The van der Waals surface area contributed by atoms with Crippen LogP contribution in [0.5, 0.6) is 0 Å². The van der Waals surface area contributed by atoms with Crippen LogP contribution in [0.4, 0.5) is 18.9 Å². The number of halogens is 3. The summed E-state index contributed by atoms with van der Waals surface area (Å²) in [7, 11) is 0. The van der Waals surface area contributed by atoms with E-state index >= 15 is 0 Å². The van der Waals surface area contributed by atoms with Gasteiger partial charge in [0.1, 0.15) is 6.54 Å². The van der Waals surface area contributed by atoms with Crippen LogP contribution in [-0.2, 0) is 4.79 Å². The minimum Gasteiger partial charge on any atom is -0.478 e. The van der Waals surface area contributed by atoms with Crippen molar-refractivity contribution >= 4 is 17.7 Å². The van der Waals surface area contributed by atoms with Gasteiger partial charge >= 0.3 is 12.1 Å². The van der Waals surface area contributed by atoms with E-state index in [9.17, 15) is 18.0 Å². The Bertz CT molecular complexity index is 508. The highest BCUT2D eigenvalue weighted by atomic mass is 19.4. The maximum Gasteiger partial charge on any atom is 0.405 e. The van der Waals surface area contributed by atoms with E-state index < -0.39 is 18.7 Å². The molecular weight excluding hydrogens is 247 g/mol. The Hall–Kier alpha value is -1.98. The Morgan fingerprint density at radius 1 is 1.33 bits per heavy atom. The number of fused-ring (bicyclic) bond motifs is 1. The SMILES string of the molecule is O=C(O)C1=Cc2ccccc2N(CC(F)(F)F)C1. The summed E-state index contributed by atoms with van der Waals surface area (Å²) in [5.41, 5.74) is 0.850. The van der Waals surface area contributed by atoms with Crippen molar-refractivity contribution in [3.05, 3.63) is 35.4 Å². The second kappa shape index (κ2) is 4.36. The topological polar surface area (TPSA) is 40.5 Å². The fraction of sp³-hybridized carbons (Fsp3) is 0.250. The van der Waals surface area contributed by atoms with Crippen molar-refractivity contribution in [3.63, 3.8) is 0 Å². The molecule has 1 aliphatic heterocycles. The molecule has 1 aromatic rings. The zero-order chi connectivity index (χ0) is 13.3. The zero-order valence-corrected chi connectivity index (χ0v) is 9.24. The van der Waals surface area contributed by atoms with E-state index in [0.717, 1.165) is 4.90 Å². The van der Waals surface area contributed by atoms with E-state index in [-0.39, 0.29) is 12.1 Å². The molecule has 1 N–H and O–H groups in total. The molecule has 0 aliphatic carbocycles. The van der Waals surface area contributed by atoms with Crippen LogP contribution in [0.3, 0.4) is 0 Å². The monoisotopic (exact) mass is 257 g/mol. The van der Waals surface area contributed by atoms with Gasteiger partial charge in [-0.2, -0.15) is 13.2 Å². The zero-order valence-electron chi connectivity index (χ0n) is 9.24. The van der Waals surface area contributed by atoms with Crippen LogP contribution in [0.25, 0.3) is 6.08 Å². The predicted molar refractivity (Wildman–Crippen MR) is 60.3 cm³/mol. The maximum atomic E-state index is 12.5. The van der Waals surface area contributed by atoms with Gasteiger partial charge in [-0.25, -0.2) is 4.79 Å². The molecule has 0 saturated heterocycles. The molecule has 0 aromatic heterocycles. The fourth-order valence-corrected chi connectivity index (χ4v) is 1.91. The van der Waals surface area contributed by atoms with Gasteiger partial charge in [0, 0.05) is 5.69 Å². The Morgan fingerprint density at radius 3 is 2.61 bits per heavy atom. The molecule has 6 heteroatoms. The lowest BCUT2D eigenvalue weighted by Gasteiger charge is -2.30. The first kappa shape index (κ1) is 12.5. The standard InChI is InChI=1S/C12H10F3NO2/c13-12(14,15)7-16-6-9(11(17)18)5-8-3-1-2-4-10(8)16/h1-5H,6-7H2,(H,17,18). The average Bonchev–Trinajstić information content (AvgIpc) is 2.26. The predicted octanol–water partition coefficient (Wildman–Crippen LogP) is 2.54. The molecule has 0 radical (unpaired) electrons. The van der Waals surface area contributed by atoms with Gasteiger partial charge in [0.15, 0.2) is 0 Å². The summed E-state index contributed by atoms with van der Waals surface area (Å²) < 4.78 is 37.4. The van der Waals surface area contributed by atoms with Crippen molar-refractivity contribution < 1.29 is 23.1 Å². The summed E-state index contributed by atoms with van der Waals surface area (Å²) in [5.74, 6) is -1.20. The second-order valence-electron chi connectivity index (χ2n) is 4.00. The van der Waals surface area contributed by atoms with Crippen LogP contribution in [0.15, 0.2) is 29.8 Å². The third-order valence-electron chi connectivity index (χ3n) is 2.61. The van der Waals surface area contributed by atoms with Crippen molar-refractivity contribution in [1.82, 2.24) is 0 Å². The molecule has 0 fully saturated rings. The van der Waals surface area contributed by atoms with E-state index in [0.29, 0.717) is 11.3 Å². The largest absolute Gasteiger partial charge is 0.478 e. The van der Waals surface area contributed by atoms with Crippen molar-refractivity contribution in [3.8, 4) is 0 Å². The van der Waals surface area contributed by atoms with Gasteiger partial charge in [-0.3, -0.25) is 0 Å².